The second kappa shape index (κ2) is 10.1. The van der Waals surface area contributed by atoms with E-state index in [1.807, 2.05) is 19.3 Å². The van der Waals surface area contributed by atoms with Crippen LogP contribution in [0.1, 0.15) is 13.8 Å². The molecule has 0 saturated carbocycles. The molecule has 1 N–H and O–H groups in total. The molecule has 4 nitrogen and oxygen atoms in total. The largest absolute Gasteiger partial charge is 0.277 e. The molecular formula is C8H16NO3. The molecule has 0 aliphatic rings. The van der Waals surface area contributed by atoms with Crippen molar-refractivity contribution in [3.8, 4) is 0 Å². The number of carbonyl (C=O) groups excluding carboxylic acids is 1. The summed E-state index contributed by atoms with van der Waals surface area (Å²) in [6.45, 7) is 7.06. The molecular weight excluding hydrogens is 158 g/mol. The Morgan fingerprint density at radius 3 is 2.17 bits per heavy atom. The summed E-state index contributed by atoms with van der Waals surface area (Å²) in [5, 5.41) is 9.63. The van der Waals surface area contributed by atoms with Crippen molar-refractivity contribution in [2.45, 2.75) is 13.8 Å². The van der Waals surface area contributed by atoms with Crippen LogP contribution >= 0.6 is 0 Å². The van der Waals surface area contributed by atoms with Gasteiger partial charge in [0.15, 0.2) is 0 Å². The van der Waals surface area contributed by atoms with Gasteiger partial charge in [-0.1, -0.05) is 20.4 Å². The number of hydrogen-bond acceptors (Lipinski definition) is 2. The molecule has 4 heteroatoms. The van der Waals surface area contributed by atoms with E-state index in [-0.39, 0.29) is 12.5 Å². The minimum atomic E-state index is -0.331. The summed E-state index contributed by atoms with van der Waals surface area (Å²) in [6.07, 6.45) is 1.13. The van der Waals surface area contributed by atoms with Gasteiger partial charge >= 0.3 is 0 Å². The number of amides is 1. The van der Waals surface area contributed by atoms with Gasteiger partial charge in [0.2, 0.25) is 0 Å². The van der Waals surface area contributed by atoms with Crippen molar-refractivity contribution in [1.82, 2.24) is 5.48 Å². The van der Waals surface area contributed by atoms with Gasteiger partial charge in [-0.2, -0.15) is 0 Å². The quantitative estimate of drug-likeness (QED) is 0.511. The van der Waals surface area contributed by atoms with Gasteiger partial charge < -0.3 is 0 Å². The molecule has 12 heavy (non-hydrogen) atoms. The SMILES string of the molecule is C=CC(=O)NOC.CC(C)C[O]. The third-order valence-corrected chi connectivity index (χ3v) is 0.721. The number of nitrogens with one attached hydrogen (secondary N) is 1. The monoisotopic (exact) mass is 174 g/mol. The first-order valence-corrected chi connectivity index (χ1v) is 3.62. The molecule has 0 bridgehead atoms. The summed E-state index contributed by atoms with van der Waals surface area (Å²) < 4.78 is 0. The predicted octanol–water partition coefficient (Wildman–Crippen LogP) is 0.923. The van der Waals surface area contributed by atoms with E-state index < -0.39 is 0 Å². The first-order valence-electron chi connectivity index (χ1n) is 3.62. The van der Waals surface area contributed by atoms with Crippen molar-refractivity contribution >= 4 is 5.91 Å². The van der Waals surface area contributed by atoms with Crippen molar-refractivity contribution < 1.29 is 14.7 Å². The molecule has 0 atom stereocenters. The van der Waals surface area contributed by atoms with Gasteiger partial charge in [-0.15, -0.1) is 0 Å². The molecule has 0 spiro atoms. The predicted molar refractivity (Wildman–Crippen MR) is 45.7 cm³/mol. The Morgan fingerprint density at radius 1 is 1.67 bits per heavy atom. The van der Waals surface area contributed by atoms with Gasteiger partial charge in [0.25, 0.3) is 5.91 Å². The van der Waals surface area contributed by atoms with E-state index in [1.54, 1.807) is 0 Å². The first-order chi connectivity index (χ1) is 5.58. The van der Waals surface area contributed by atoms with Gasteiger partial charge in [-0.05, 0) is 12.0 Å². The first kappa shape index (κ1) is 13.7. The summed E-state index contributed by atoms with van der Waals surface area (Å²) in [4.78, 5) is 14.3. The fraction of sp³-hybridized carbons (Fsp3) is 0.625. The minimum absolute atomic E-state index is 0.0556. The molecule has 71 valence electrons. The molecule has 1 radical (unpaired) electrons. The van der Waals surface area contributed by atoms with Crippen LogP contribution in [0.15, 0.2) is 12.7 Å². The third-order valence-electron chi connectivity index (χ3n) is 0.721. The van der Waals surface area contributed by atoms with Crippen LogP contribution in [-0.2, 0) is 14.7 Å². The average Bonchev–Trinajstić information content (AvgIpc) is 2.06. The maximum Gasteiger partial charge on any atom is 0.266 e. The fourth-order valence-electron chi connectivity index (χ4n) is 0.142. The van der Waals surface area contributed by atoms with Crippen LogP contribution in [-0.4, -0.2) is 19.6 Å². The lowest BCUT2D eigenvalue weighted by Crippen LogP contribution is -2.18. The Bertz CT molecular complexity index is 123. The molecule has 0 aromatic carbocycles. The van der Waals surface area contributed by atoms with Crippen molar-refractivity contribution in [1.29, 1.82) is 0 Å². The van der Waals surface area contributed by atoms with Gasteiger partial charge in [0, 0.05) is 0 Å². The molecule has 0 aromatic heterocycles. The lowest BCUT2D eigenvalue weighted by molar-refractivity contribution is -0.126. The van der Waals surface area contributed by atoms with E-state index in [0.29, 0.717) is 5.92 Å². The number of hydrogen-bond donors (Lipinski definition) is 1. The molecule has 0 saturated heterocycles. The van der Waals surface area contributed by atoms with Gasteiger partial charge in [-0.3, -0.25) is 9.63 Å². The van der Waals surface area contributed by atoms with Crippen LogP contribution in [0.4, 0.5) is 0 Å². The Hall–Kier alpha value is -0.870. The summed E-state index contributed by atoms with van der Waals surface area (Å²) in [5.41, 5.74) is 2.04. The molecule has 0 heterocycles. The molecule has 0 fully saturated rings. The standard InChI is InChI=1S/C4H7NO2.C4H9O/c1-3-4(6)5-7-2;1-4(2)3-5/h3H,1H2,2H3,(H,5,6);4H,3H2,1-2H3. The topological polar surface area (TPSA) is 58.2 Å². The van der Waals surface area contributed by atoms with Crippen LogP contribution in [0.25, 0.3) is 0 Å². The van der Waals surface area contributed by atoms with Gasteiger partial charge in [-0.25, -0.2) is 10.6 Å². The summed E-state index contributed by atoms with van der Waals surface area (Å²) in [6, 6.07) is 0. The number of hydroxylamine groups is 1. The summed E-state index contributed by atoms with van der Waals surface area (Å²) >= 11 is 0. The Kier molecular flexibility index (Phi) is 11.6. The van der Waals surface area contributed by atoms with Crippen LogP contribution in [0.3, 0.4) is 0 Å². The minimum Gasteiger partial charge on any atom is -0.277 e. The number of carbonyl (C=O) groups is 1. The zero-order valence-electron chi connectivity index (χ0n) is 7.79. The maximum absolute atomic E-state index is 10.1. The number of rotatable bonds is 3. The Morgan fingerprint density at radius 2 is 2.08 bits per heavy atom. The molecule has 0 unspecified atom stereocenters. The van der Waals surface area contributed by atoms with Crippen molar-refractivity contribution in [2.75, 3.05) is 13.7 Å². The van der Waals surface area contributed by atoms with Crippen LogP contribution in [0.2, 0.25) is 0 Å². The van der Waals surface area contributed by atoms with Crippen molar-refractivity contribution in [3.63, 3.8) is 0 Å². The second-order valence-electron chi connectivity index (χ2n) is 2.44. The molecule has 0 aliphatic heterocycles. The van der Waals surface area contributed by atoms with Crippen LogP contribution < -0.4 is 5.48 Å². The lowest BCUT2D eigenvalue weighted by atomic mass is 10.2. The normalized spacial score (nSPS) is 8.42. The van der Waals surface area contributed by atoms with Crippen molar-refractivity contribution in [2.24, 2.45) is 5.92 Å². The highest BCUT2D eigenvalue weighted by Crippen LogP contribution is 1.84. The maximum atomic E-state index is 10.1. The van der Waals surface area contributed by atoms with E-state index in [0.717, 1.165) is 6.08 Å². The summed E-state index contributed by atoms with van der Waals surface area (Å²) in [7, 11) is 1.36. The smallest absolute Gasteiger partial charge is 0.266 e. The highest BCUT2D eigenvalue weighted by atomic mass is 16.6. The Balaban J connectivity index is 0. The van der Waals surface area contributed by atoms with E-state index in [1.165, 1.54) is 7.11 Å². The van der Waals surface area contributed by atoms with E-state index in [2.05, 4.69) is 11.4 Å². The Labute approximate surface area is 73.2 Å². The lowest BCUT2D eigenvalue weighted by Gasteiger charge is -1.91. The zero-order chi connectivity index (χ0) is 9.98. The molecule has 0 aliphatic carbocycles. The third kappa shape index (κ3) is 16.1. The molecule has 1 amide bonds. The fourth-order valence-corrected chi connectivity index (χ4v) is 0.142. The highest BCUT2D eigenvalue weighted by Gasteiger charge is 1.84. The van der Waals surface area contributed by atoms with E-state index in [4.69, 9.17) is 0 Å². The van der Waals surface area contributed by atoms with Gasteiger partial charge in [0.1, 0.15) is 0 Å². The second-order valence-corrected chi connectivity index (χ2v) is 2.44. The van der Waals surface area contributed by atoms with E-state index >= 15 is 0 Å². The molecule has 0 rings (SSSR count). The summed E-state index contributed by atoms with van der Waals surface area (Å²) in [5.74, 6) is -0.00231. The van der Waals surface area contributed by atoms with Crippen LogP contribution in [0.5, 0.6) is 0 Å². The average molecular weight is 174 g/mol. The van der Waals surface area contributed by atoms with Crippen molar-refractivity contribution in [3.05, 3.63) is 12.7 Å². The highest BCUT2D eigenvalue weighted by molar-refractivity contribution is 5.85. The van der Waals surface area contributed by atoms with Gasteiger partial charge in [0.05, 0.1) is 13.7 Å². The van der Waals surface area contributed by atoms with Crippen LogP contribution in [0, 0.1) is 5.92 Å². The molecule has 0 aromatic rings. The zero-order valence-corrected chi connectivity index (χ0v) is 7.79. The van der Waals surface area contributed by atoms with E-state index in [9.17, 15) is 9.90 Å².